The molecule has 2 aromatic heterocycles. The molecule has 0 radical (unpaired) electrons. The summed E-state index contributed by atoms with van der Waals surface area (Å²) in [5, 5.41) is 6.89. The Morgan fingerprint density at radius 2 is 1.88 bits per heavy atom. The van der Waals surface area contributed by atoms with Gasteiger partial charge in [0.2, 0.25) is 5.88 Å². The van der Waals surface area contributed by atoms with E-state index in [0.717, 1.165) is 24.6 Å². The second-order valence-electron chi connectivity index (χ2n) is 8.73. The molecule has 2 aliphatic rings. The van der Waals surface area contributed by atoms with E-state index in [9.17, 15) is 14.0 Å². The highest BCUT2D eigenvalue weighted by atomic mass is 19.1. The maximum absolute atomic E-state index is 14.3. The van der Waals surface area contributed by atoms with Crippen molar-refractivity contribution in [2.75, 3.05) is 7.11 Å². The lowest BCUT2D eigenvalue weighted by Gasteiger charge is -2.37. The topological polar surface area (TPSA) is 97.4 Å². The van der Waals surface area contributed by atoms with E-state index in [1.54, 1.807) is 6.07 Å². The average Bonchev–Trinajstić information content (AvgIpc) is 3.45. The first-order valence-electron chi connectivity index (χ1n) is 11.3. The van der Waals surface area contributed by atoms with E-state index in [2.05, 4.69) is 15.2 Å². The maximum Gasteiger partial charge on any atom is 0.309 e. The predicted molar refractivity (Wildman–Crippen MR) is 120 cm³/mol. The zero-order valence-electron chi connectivity index (χ0n) is 18.7. The molecule has 0 saturated carbocycles. The molecule has 0 unspecified atom stereocenters. The quantitative estimate of drug-likeness (QED) is 0.558. The van der Waals surface area contributed by atoms with Gasteiger partial charge in [-0.3, -0.25) is 14.7 Å². The number of benzene rings is 1. The summed E-state index contributed by atoms with van der Waals surface area (Å²) in [6.07, 6.45) is 3.89. The summed E-state index contributed by atoms with van der Waals surface area (Å²) in [4.78, 5) is 31.7. The van der Waals surface area contributed by atoms with E-state index in [1.807, 2.05) is 35.2 Å². The Balaban J connectivity index is 1.26. The van der Waals surface area contributed by atoms with Gasteiger partial charge in [0.15, 0.2) is 11.5 Å². The molecule has 1 aromatic carbocycles. The number of hydrogen-bond acceptors (Lipinski definition) is 6. The number of rotatable bonds is 6. The number of fused-ring (bicyclic) bond motifs is 2. The Morgan fingerprint density at radius 1 is 1.15 bits per heavy atom. The van der Waals surface area contributed by atoms with Gasteiger partial charge >= 0.3 is 5.97 Å². The van der Waals surface area contributed by atoms with Crippen molar-refractivity contribution in [1.82, 2.24) is 20.1 Å². The van der Waals surface area contributed by atoms with Crippen molar-refractivity contribution >= 4 is 11.9 Å². The fraction of sp³-hybridized carbons (Fsp3) is 0.360. The first kappa shape index (κ1) is 22.1. The third kappa shape index (κ3) is 4.25. The second kappa shape index (κ2) is 9.24. The maximum atomic E-state index is 14.3. The van der Waals surface area contributed by atoms with Crippen LogP contribution in [0.2, 0.25) is 0 Å². The Hall–Kier alpha value is -3.75. The lowest BCUT2D eigenvalue weighted by atomic mass is 9.90. The van der Waals surface area contributed by atoms with Crippen molar-refractivity contribution in [2.45, 2.75) is 44.4 Å². The third-order valence-electron chi connectivity index (χ3n) is 6.65. The average molecular weight is 464 g/mol. The van der Waals surface area contributed by atoms with Crippen LogP contribution in [0.1, 0.15) is 41.7 Å². The Labute approximate surface area is 196 Å². The van der Waals surface area contributed by atoms with Gasteiger partial charge in [-0.2, -0.15) is 5.10 Å². The SMILES string of the molecule is COc1cc(-c2cc(C(=O)N3[C@@H]4CC[C@H]3C[C@H](C(=O)OCc3ccccc3)C4)n[nH]2)c(F)cn1. The van der Waals surface area contributed by atoms with Gasteiger partial charge in [0.25, 0.3) is 5.91 Å². The normalized spacial score (nSPS) is 21.4. The van der Waals surface area contributed by atoms with E-state index in [4.69, 9.17) is 9.47 Å². The van der Waals surface area contributed by atoms with Crippen LogP contribution in [0.15, 0.2) is 48.7 Å². The second-order valence-corrected chi connectivity index (χ2v) is 8.73. The smallest absolute Gasteiger partial charge is 0.309 e. The summed E-state index contributed by atoms with van der Waals surface area (Å²) in [7, 11) is 1.45. The summed E-state index contributed by atoms with van der Waals surface area (Å²) in [6.45, 7) is 0.251. The largest absolute Gasteiger partial charge is 0.481 e. The molecule has 5 rings (SSSR count). The number of ether oxygens (including phenoxy) is 2. The zero-order valence-corrected chi connectivity index (χ0v) is 18.7. The standard InChI is InChI=1S/C25H25FN4O4/c1-33-23-11-19(20(26)13-27-23)21-12-22(29-28-21)24(31)30-17-7-8-18(30)10-16(9-17)25(32)34-14-15-5-3-2-4-6-15/h2-6,11-13,16-18H,7-10,14H2,1H3,(H,28,29)/t16-,17-,18+. The molecule has 1 N–H and O–H groups in total. The van der Waals surface area contributed by atoms with Gasteiger partial charge in [0, 0.05) is 23.7 Å². The van der Waals surface area contributed by atoms with Crippen LogP contribution >= 0.6 is 0 Å². The van der Waals surface area contributed by atoms with Crippen molar-refractivity contribution < 1.29 is 23.5 Å². The molecule has 176 valence electrons. The number of aromatic nitrogens is 3. The first-order valence-corrected chi connectivity index (χ1v) is 11.3. The molecule has 2 saturated heterocycles. The van der Waals surface area contributed by atoms with E-state index < -0.39 is 5.82 Å². The molecule has 0 aliphatic carbocycles. The number of amides is 1. The van der Waals surface area contributed by atoms with Crippen LogP contribution in [0.25, 0.3) is 11.3 Å². The number of hydrogen-bond donors (Lipinski definition) is 1. The van der Waals surface area contributed by atoms with Gasteiger partial charge in [-0.1, -0.05) is 30.3 Å². The van der Waals surface area contributed by atoms with Crippen LogP contribution in [0.4, 0.5) is 4.39 Å². The molecule has 3 atom stereocenters. The van der Waals surface area contributed by atoms with Crippen LogP contribution in [0.3, 0.4) is 0 Å². The minimum absolute atomic E-state index is 0.0431. The van der Waals surface area contributed by atoms with Crippen molar-refractivity contribution in [3.05, 3.63) is 65.7 Å². The number of carbonyl (C=O) groups excluding carboxylic acids is 2. The highest BCUT2D eigenvalue weighted by Crippen LogP contribution is 2.40. The summed E-state index contributed by atoms with van der Waals surface area (Å²) in [6, 6.07) is 12.5. The number of halogens is 1. The Morgan fingerprint density at radius 3 is 2.59 bits per heavy atom. The van der Waals surface area contributed by atoms with Gasteiger partial charge in [-0.15, -0.1) is 0 Å². The molecular weight excluding hydrogens is 439 g/mol. The summed E-state index contributed by atoms with van der Waals surface area (Å²) < 4.78 is 24.9. The molecule has 8 nitrogen and oxygen atoms in total. The lowest BCUT2D eigenvalue weighted by Crippen LogP contribution is -2.48. The minimum atomic E-state index is -0.543. The number of methoxy groups -OCH3 is 1. The fourth-order valence-corrected chi connectivity index (χ4v) is 4.99. The van der Waals surface area contributed by atoms with E-state index in [0.29, 0.717) is 18.5 Å². The highest BCUT2D eigenvalue weighted by Gasteiger charge is 2.46. The number of esters is 1. The van der Waals surface area contributed by atoms with Crippen LogP contribution < -0.4 is 4.74 Å². The molecule has 9 heteroatoms. The zero-order chi connectivity index (χ0) is 23.7. The number of aromatic amines is 1. The van der Waals surface area contributed by atoms with Crippen molar-refractivity contribution in [1.29, 1.82) is 0 Å². The number of piperidine rings is 1. The molecule has 2 fully saturated rings. The molecular formula is C25H25FN4O4. The molecule has 3 aromatic rings. The molecule has 2 bridgehead atoms. The van der Waals surface area contributed by atoms with Crippen molar-refractivity contribution in [3.63, 3.8) is 0 Å². The summed E-state index contributed by atoms with van der Waals surface area (Å²) in [5.74, 6) is -0.931. The summed E-state index contributed by atoms with van der Waals surface area (Å²) >= 11 is 0. The molecule has 2 aliphatic heterocycles. The lowest BCUT2D eigenvalue weighted by molar-refractivity contribution is -0.152. The van der Waals surface area contributed by atoms with Crippen LogP contribution in [0, 0.1) is 11.7 Å². The molecule has 0 spiro atoms. The van der Waals surface area contributed by atoms with E-state index in [-0.39, 0.29) is 53.6 Å². The van der Waals surface area contributed by atoms with Crippen LogP contribution in [-0.4, -0.2) is 51.2 Å². The Kier molecular flexibility index (Phi) is 6.00. The number of nitrogens with one attached hydrogen (secondary N) is 1. The molecule has 1 amide bonds. The van der Waals surface area contributed by atoms with Gasteiger partial charge in [-0.25, -0.2) is 9.37 Å². The van der Waals surface area contributed by atoms with Crippen LogP contribution in [-0.2, 0) is 16.1 Å². The highest BCUT2D eigenvalue weighted by molar-refractivity contribution is 5.94. The number of H-pyrrole nitrogens is 1. The van der Waals surface area contributed by atoms with Crippen molar-refractivity contribution in [2.24, 2.45) is 5.92 Å². The van der Waals surface area contributed by atoms with Gasteiger partial charge in [0.05, 0.1) is 24.9 Å². The summed E-state index contributed by atoms with van der Waals surface area (Å²) in [5.41, 5.74) is 1.76. The number of nitrogens with zero attached hydrogens (tertiary/aromatic N) is 3. The minimum Gasteiger partial charge on any atom is -0.481 e. The first-order chi connectivity index (χ1) is 16.5. The van der Waals surface area contributed by atoms with Gasteiger partial charge < -0.3 is 14.4 Å². The van der Waals surface area contributed by atoms with Gasteiger partial charge in [-0.05, 0) is 37.3 Å². The van der Waals surface area contributed by atoms with Crippen LogP contribution in [0.5, 0.6) is 5.88 Å². The monoisotopic (exact) mass is 464 g/mol. The number of pyridine rings is 1. The fourth-order valence-electron chi connectivity index (χ4n) is 4.99. The molecule has 4 heterocycles. The van der Waals surface area contributed by atoms with E-state index >= 15 is 0 Å². The predicted octanol–water partition coefficient (Wildman–Crippen LogP) is 3.75. The Bertz CT molecular complexity index is 1180. The third-order valence-corrected chi connectivity index (χ3v) is 6.65. The molecule has 34 heavy (non-hydrogen) atoms. The van der Waals surface area contributed by atoms with E-state index in [1.165, 1.54) is 13.2 Å². The van der Waals surface area contributed by atoms with Crippen molar-refractivity contribution in [3.8, 4) is 17.1 Å². The van der Waals surface area contributed by atoms with Gasteiger partial charge in [0.1, 0.15) is 6.61 Å². The number of carbonyl (C=O) groups is 2.